The zero-order valence-electron chi connectivity index (χ0n) is 17.7. The quantitative estimate of drug-likeness (QED) is 0.238. The van der Waals surface area contributed by atoms with Crippen LogP contribution in [0.5, 0.6) is 0 Å². The number of nitrogens with zero attached hydrogens (tertiary/aromatic N) is 4. The predicted molar refractivity (Wildman–Crippen MR) is 128 cm³/mol. The molecule has 1 atom stereocenters. The number of rotatable bonds is 8. The van der Waals surface area contributed by atoms with Gasteiger partial charge in [-0.15, -0.1) is 24.0 Å². The van der Waals surface area contributed by atoms with Gasteiger partial charge in [-0.3, -0.25) is 14.6 Å². The third-order valence-corrected chi connectivity index (χ3v) is 5.12. The van der Waals surface area contributed by atoms with Crippen molar-refractivity contribution in [2.45, 2.75) is 18.9 Å². The molecule has 0 saturated carbocycles. The number of hydrogen-bond acceptors (Lipinski definition) is 4. The van der Waals surface area contributed by atoms with E-state index in [-0.39, 0.29) is 35.8 Å². The van der Waals surface area contributed by atoms with Crippen molar-refractivity contribution < 1.29 is 9.13 Å². The van der Waals surface area contributed by atoms with Gasteiger partial charge in [0.1, 0.15) is 5.82 Å². The highest BCUT2D eigenvalue weighted by Crippen LogP contribution is 2.21. The summed E-state index contributed by atoms with van der Waals surface area (Å²) in [6.07, 6.45) is 5.92. The molecule has 1 unspecified atom stereocenters. The van der Waals surface area contributed by atoms with Crippen LogP contribution in [-0.4, -0.2) is 67.1 Å². The van der Waals surface area contributed by atoms with Crippen molar-refractivity contribution in [2.24, 2.45) is 12.0 Å². The van der Waals surface area contributed by atoms with Gasteiger partial charge in [0.25, 0.3) is 0 Å². The Morgan fingerprint density at radius 3 is 2.60 bits per heavy atom. The second-order valence-corrected chi connectivity index (χ2v) is 7.22. The topological polar surface area (TPSA) is 66.7 Å². The van der Waals surface area contributed by atoms with E-state index in [2.05, 4.69) is 25.6 Å². The minimum absolute atomic E-state index is 0. The molecule has 0 aliphatic carbocycles. The lowest BCUT2D eigenvalue weighted by Crippen LogP contribution is -2.46. The lowest BCUT2D eigenvalue weighted by Gasteiger charge is -2.35. The van der Waals surface area contributed by atoms with E-state index in [1.807, 2.05) is 36.3 Å². The fourth-order valence-corrected chi connectivity index (χ4v) is 3.55. The molecule has 1 aromatic heterocycles. The number of guanidine groups is 1. The summed E-state index contributed by atoms with van der Waals surface area (Å²) in [7, 11) is 3.71. The van der Waals surface area contributed by atoms with Gasteiger partial charge in [-0.25, -0.2) is 4.39 Å². The molecule has 2 aromatic rings. The Morgan fingerprint density at radius 1 is 1.23 bits per heavy atom. The Balaban J connectivity index is 0.00000320. The van der Waals surface area contributed by atoms with Crippen LogP contribution in [0.3, 0.4) is 0 Å². The average molecular weight is 530 g/mol. The van der Waals surface area contributed by atoms with Gasteiger partial charge < -0.3 is 15.4 Å². The summed E-state index contributed by atoms with van der Waals surface area (Å²) >= 11 is 0. The van der Waals surface area contributed by atoms with Crippen molar-refractivity contribution >= 4 is 29.9 Å². The Bertz CT molecular complexity index is 776. The van der Waals surface area contributed by atoms with Crippen LogP contribution >= 0.6 is 24.0 Å². The maximum absolute atomic E-state index is 13.4. The third-order valence-electron chi connectivity index (χ3n) is 5.12. The number of aryl methyl sites for hydroxylation is 2. The third kappa shape index (κ3) is 7.51. The van der Waals surface area contributed by atoms with Crippen molar-refractivity contribution in [3.05, 3.63) is 53.6 Å². The van der Waals surface area contributed by atoms with Gasteiger partial charge in [0.05, 0.1) is 25.5 Å². The number of benzene rings is 1. The lowest BCUT2D eigenvalue weighted by molar-refractivity contribution is 0.0170. The van der Waals surface area contributed by atoms with E-state index in [1.165, 1.54) is 17.7 Å². The molecule has 2 N–H and O–H groups in total. The Hall–Kier alpha value is -1.72. The first-order valence-electron chi connectivity index (χ1n) is 10.1. The van der Waals surface area contributed by atoms with E-state index in [0.717, 1.165) is 57.2 Å². The zero-order valence-corrected chi connectivity index (χ0v) is 20.0. The van der Waals surface area contributed by atoms with Crippen LogP contribution in [-0.2, 0) is 18.2 Å². The SMILES string of the molecule is CN=C(NCCCc1cnn(C)c1)NCC(c1ccc(F)cc1)N1CCOCC1.I. The van der Waals surface area contributed by atoms with E-state index in [0.29, 0.717) is 6.54 Å². The van der Waals surface area contributed by atoms with Gasteiger partial charge in [-0.05, 0) is 36.1 Å². The van der Waals surface area contributed by atoms with E-state index >= 15 is 0 Å². The van der Waals surface area contributed by atoms with E-state index < -0.39 is 0 Å². The van der Waals surface area contributed by atoms with Gasteiger partial charge in [0.2, 0.25) is 0 Å². The number of ether oxygens (including phenoxy) is 1. The molecule has 1 saturated heterocycles. The van der Waals surface area contributed by atoms with Crippen LogP contribution in [0, 0.1) is 5.82 Å². The van der Waals surface area contributed by atoms with Crippen LogP contribution in [0.2, 0.25) is 0 Å². The van der Waals surface area contributed by atoms with Crippen molar-refractivity contribution in [2.75, 3.05) is 46.4 Å². The standard InChI is InChI=1S/C21H31FN6O.HI/c1-23-21(24-9-3-4-17-14-26-27(2)16-17)25-15-20(28-10-12-29-13-11-28)18-5-7-19(22)8-6-18;/h5-8,14,16,20H,3-4,9-13,15H2,1-2H3,(H2,23,24,25);1H. The molecule has 2 heterocycles. The minimum atomic E-state index is -0.214. The Morgan fingerprint density at radius 2 is 1.97 bits per heavy atom. The van der Waals surface area contributed by atoms with Crippen LogP contribution in [0.1, 0.15) is 23.6 Å². The molecule has 30 heavy (non-hydrogen) atoms. The van der Waals surface area contributed by atoms with Crippen LogP contribution < -0.4 is 10.6 Å². The first-order valence-corrected chi connectivity index (χ1v) is 10.1. The molecule has 1 fully saturated rings. The summed E-state index contributed by atoms with van der Waals surface area (Å²) in [5, 5.41) is 11.0. The van der Waals surface area contributed by atoms with Gasteiger partial charge in [-0.2, -0.15) is 5.10 Å². The molecule has 7 nitrogen and oxygen atoms in total. The molecule has 0 bridgehead atoms. The van der Waals surface area contributed by atoms with Crippen molar-refractivity contribution in [3.63, 3.8) is 0 Å². The summed E-state index contributed by atoms with van der Waals surface area (Å²) in [4.78, 5) is 6.71. The van der Waals surface area contributed by atoms with E-state index in [4.69, 9.17) is 4.74 Å². The number of morpholine rings is 1. The molecule has 1 aliphatic rings. The highest BCUT2D eigenvalue weighted by atomic mass is 127. The predicted octanol–water partition coefficient (Wildman–Crippen LogP) is 2.35. The summed E-state index contributed by atoms with van der Waals surface area (Å²) in [6.45, 7) is 4.68. The smallest absolute Gasteiger partial charge is 0.191 e. The number of hydrogen-bond donors (Lipinski definition) is 2. The summed E-state index contributed by atoms with van der Waals surface area (Å²) in [5.41, 5.74) is 2.33. The largest absolute Gasteiger partial charge is 0.379 e. The fourth-order valence-electron chi connectivity index (χ4n) is 3.55. The molecular formula is C21H32FIN6O. The summed E-state index contributed by atoms with van der Waals surface area (Å²) in [6, 6.07) is 6.90. The molecule has 0 spiro atoms. The van der Waals surface area contributed by atoms with E-state index in [9.17, 15) is 4.39 Å². The second kappa shape index (κ2) is 12.9. The van der Waals surface area contributed by atoms with Crippen LogP contribution in [0.25, 0.3) is 0 Å². The van der Waals surface area contributed by atoms with Gasteiger partial charge in [0.15, 0.2) is 5.96 Å². The fraction of sp³-hybridized carbons (Fsp3) is 0.524. The molecular weight excluding hydrogens is 498 g/mol. The van der Waals surface area contributed by atoms with Gasteiger partial charge in [-0.1, -0.05) is 12.1 Å². The van der Waals surface area contributed by atoms with Crippen molar-refractivity contribution in [3.8, 4) is 0 Å². The number of aliphatic imine (C=N–C) groups is 1. The number of halogens is 2. The van der Waals surface area contributed by atoms with Gasteiger partial charge in [0, 0.05) is 46.5 Å². The molecule has 0 amide bonds. The number of aromatic nitrogens is 2. The van der Waals surface area contributed by atoms with Crippen molar-refractivity contribution in [1.82, 2.24) is 25.3 Å². The number of nitrogens with one attached hydrogen (secondary N) is 2. The van der Waals surface area contributed by atoms with Crippen molar-refractivity contribution in [1.29, 1.82) is 0 Å². The highest BCUT2D eigenvalue weighted by Gasteiger charge is 2.23. The summed E-state index contributed by atoms with van der Waals surface area (Å²) in [5.74, 6) is 0.560. The molecule has 9 heteroatoms. The highest BCUT2D eigenvalue weighted by molar-refractivity contribution is 14.0. The maximum Gasteiger partial charge on any atom is 0.191 e. The molecule has 166 valence electrons. The molecule has 3 rings (SSSR count). The lowest BCUT2D eigenvalue weighted by atomic mass is 10.0. The monoisotopic (exact) mass is 530 g/mol. The maximum atomic E-state index is 13.4. The minimum Gasteiger partial charge on any atom is -0.379 e. The Labute approximate surface area is 195 Å². The Kier molecular flexibility index (Phi) is 10.5. The molecule has 1 aliphatic heterocycles. The van der Waals surface area contributed by atoms with Gasteiger partial charge >= 0.3 is 0 Å². The first-order chi connectivity index (χ1) is 14.2. The van der Waals surface area contributed by atoms with Crippen LogP contribution in [0.15, 0.2) is 41.7 Å². The van der Waals surface area contributed by atoms with E-state index in [1.54, 1.807) is 7.05 Å². The molecule has 1 aromatic carbocycles. The summed E-state index contributed by atoms with van der Waals surface area (Å²) < 4.78 is 20.7. The zero-order chi connectivity index (χ0) is 20.5. The van der Waals surface area contributed by atoms with Crippen LogP contribution in [0.4, 0.5) is 4.39 Å². The molecule has 0 radical (unpaired) electrons. The first kappa shape index (κ1) is 24.5. The normalized spacial score (nSPS) is 16.0. The second-order valence-electron chi connectivity index (χ2n) is 7.22. The average Bonchev–Trinajstić information content (AvgIpc) is 3.16.